The van der Waals surface area contributed by atoms with Crippen LogP contribution >= 0.6 is 0 Å². The Hall–Kier alpha value is -2.76. The van der Waals surface area contributed by atoms with Gasteiger partial charge in [-0.15, -0.1) is 0 Å². The smallest absolute Gasteiger partial charge is 0.309 e. The van der Waals surface area contributed by atoms with E-state index in [0.717, 1.165) is 6.42 Å². The van der Waals surface area contributed by atoms with Gasteiger partial charge in [0.05, 0.1) is 17.8 Å². The maximum Gasteiger partial charge on any atom is 0.309 e. The number of ketones is 1. The molecule has 2 amide bonds. The molecule has 1 aliphatic heterocycles. The lowest BCUT2D eigenvalue weighted by atomic mass is 9.63. The third kappa shape index (κ3) is 2.99. The van der Waals surface area contributed by atoms with E-state index >= 15 is 0 Å². The van der Waals surface area contributed by atoms with E-state index in [-0.39, 0.29) is 65.8 Å². The molecule has 1 aromatic rings. The van der Waals surface area contributed by atoms with Gasteiger partial charge in [0.15, 0.2) is 12.4 Å². The van der Waals surface area contributed by atoms with Crippen molar-refractivity contribution in [1.29, 1.82) is 0 Å². The van der Waals surface area contributed by atoms with E-state index in [4.69, 9.17) is 4.74 Å². The average molecular weight is 434 g/mol. The van der Waals surface area contributed by atoms with Crippen molar-refractivity contribution in [3.05, 3.63) is 48.0 Å². The standard InChI is InChI=1S/C26H27NO5/c28-21(14-4-2-1-3-5-14)13-32-26(31)15-6-8-16(9-7-15)27-24(29)22-17-10-11-18(20-12-19(17)20)23(22)25(27)30/h1-5,10-11,15-20,22-23H,6-9,12-13H2/t15?,16?,17-,18-,19-,20+,22-,23+/m0/s1. The number of imide groups is 1. The number of benzene rings is 1. The van der Waals surface area contributed by atoms with Gasteiger partial charge in [-0.3, -0.25) is 24.1 Å². The minimum absolute atomic E-state index is 0.0178. The van der Waals surface area contributed by atoms with Crippen molar-refractivity contribution in [3.8, 4) is 0 Å². The fourth-order valence-corrected chi connectivity index (χ4v) is 6.87. The van der Waals surface area contributed by atoms with Crippen molar-refractivity contribution in [1.82, 2.24) is 4.90 Å². The van der Waals surface area contributed by atoms with Gasteiger partial charge in [-0.25, -0.2) is 0 Å². The van der Waals surface area contributed by atoms with E-state index < -0.39 is 0 Å². The van der Waals surface area contributed by atoms with Gasteiger partial charge in [-0.2, -0.15) is 0 Å². The lowest BCUT2D eigenvalue weighted by Gasteiger charge is -2.37. The van der Waals surface area contributed by atoms with Gasteiger partial charge in [-0.1, -0.05) is 42.5 Å². The summed E-state index contributed by atoms with van der Waals surface area (Å²) in [6, 6.07) is 8.67. The van der Waals surface area contributed by atoms with Gasteiger partial charge in [0, 0.05) is 11.6 Å². The SMILES string of the molecule is O=C(COC(=O)C1CCC(N2C(=O)[C@@H]3[C@H]4C=C[C@@H]([C@@H]5C[C@H]45)[C@@H]3C2=O)CC1)c1ccccc1. The maximum absolute atomic E-state index is 13.3. The van der Waals surface area contributed by atoms with Crippen molar-refractivity contribution in [2.45, 2.75) is 38.1 Å². The summed E-state index contributed by atoms with van der Waals surface area (Å²) in [5.41, 5.74) is 0.526. The summed E-state index contributed by atoms with van der Waals surface area (Å²) >= 11 is 0. The Bertz CT molecular complexity index is 972. The predicted octanol–water partition coefficient (Wildman–Crippen LogP) is 3.02. The molecule has 0 aromatic heterocycles. The Morgan fingerprint density at radius 1 is 0.875 bits per heavy atom. The highest BCUT2D eigenvalue weighted by Gasteiger charge is 2.67. The summed E-state index contributed by atoms with van der Waals surface area (Å²) < 4.78 is 5.29. The molecular formula is C26H27NO5. The lowest BCUT2D eigenvalue weighted by Crippen LogP contribution is -2.44. The third-order valence-electron chi connectivity index (χ3n) is 8.53. The van der Waals surface area contributed by atoms with Gasteiger partial charge in [-0.05, 0) is 55.8 Å². The summed E-state index contributed by atoms with van der Waals surface area (Å²) in [7, 11) is 0. The first-order valence-electron chi connectivity index (χ1n) is 11.8. The zero-order valence-corrected chi connectivity index (χ0v) is 17.9. The van der Waals surface area contributed by atoms with E-state index in [1.165, 1.54) is 0 Å². The van der Waals surface area contributed by atoms with E-state index in [0.29, 0.717) is 43.1 Å². The van der Waals surface area contributed by atoms with Crippen LogP contribution in [0.25, 0.3) is 0 Å². The first-order valence-corrected chi connectivity index (χ1v) is 11.8. The number of nitrogens with zero attached hydrogens (tertiary/aromatic N) is 1. The van der Waals surface area contributed by atoms with Crippen LogP contribution in [0, 0.1) is 41.4 Å². The summed E-state index contributed by atoms with van der Waals surface area (Å²) in [6.07, 6.45) is 7.95. The van der Waals surface area contributed by atoms with Crippen LogP contribution in [-0.4, -0.2) is 41.1 Å². The number of carbonyl (C=O) groups is 4. The predicted molar refractivity (Wildman–Crippen MR) is 114 cm³/mol. The fourth-order valence-electron chi connectivity index (χ4n) is 6.87. The summed E-state index contributed by atoms with van der Waals surface area (Å²) in [5, 5.41) is 0. The van der Waals surface area contributed by atoms with Crippen LogP contribution < -0.4 is 0 Å². The molecule has 6 aliphatic rings. The normalized spacial score (nSPS) is 38.9. The highest BCUT2D eigenvalue weighted by atomic mass is 16.5. The van der Waals surface area contributed by atoms with Gasteiger partial charge in [0.25, 0.3) is 0 Å². The van der Waals surface area contributed by atoms with Crippen LogP contribution in [-0.2, 0) is 19.1 Å². The van der Waals surface area contributed by atoms with Gasteiger partial charge in [0.2, 0.25) is 11.8 Å². The molecule has 7 rings (SSSR count). The Kier molecular flexibility index (Phi) is 4.60. The van der Waals surface area contributed by atoms with Crippen LogP contribution in [0.3, 0.4) is 0 Å². The summed E-state index contributed by atoms with van der Waals surface area (Å²) in [5.74, 6) is 0.547. The van der Waals surface area contributed by atoms with Crippen LogP contribution in [0.2, 0.25) is 0 Å². The van der Waals surface area contributed by atoms with Crippen molar-refractivity contribution in [2.75, 3.05) is 6.61 Å². The van der Waals surface area contributed by atoms with Crippen molar-refractivity contribution < 1.29 is 23.9 Å². The highest BCUT2D eigenvalue weighted by Crippen LogP contribution is 2.65. The molecule has 0 radical (unpaired) electrons. The van der Waals surface area contributed by atoms with Crippen molar-refractivity contribution >= 4 is 23.6 Å². The molecule has 4 fully saturated rings. The van der Waals surface area contributed by atoms with Crippen molar-refractivity contribution in [3.63, 3.8) is 0 Å². The van der Waals surface area contributed by atoms with Gasteiger partial charge < -0.3 is 4.74 Å². The second-order valence-electron chi connectivity index (χ2n) is 10.1. The molecule has 6 atom stereocenters. The van der Waals surface area contributed by atoms with Crippen LogP contribution in [0.1, 0.15) is 42.5 Å². The summed E-state index contributed by atoms with van der Waals surface area (Å²) in [6.45, 7) is -0.257. The fraction of sp³-hybridized carbons (Fsp3) is 0.538. The molecule has 1 heterocycles. The molecule has 0 spiro atoms. The number of hydrogen-bond acceptors (Lipinski definition) is 5. The van der Waals surface area contributed by atoms with Gasteiger partial charge >= 0.3 is 5.97 Å². The average Bonchev–Trinajstić information content (AvgIpc) is 3.61. The number of carbonyl (C=O) groups excluding carboxylic acids is 4. The van der Waals surface area contributed by atoms with E-state index in [9.17, 15) is 19.2 Å². The molecule has 6 heteroatoms. The Morgan fingerprint density at radius 3 is 2.06 bits per heavy atom. The number of ether oxygens (including phenoxy) is 1. The molecule has 0 unspecified atom stereocenters. The largest absolute Gasteiger partial charge is 0.457 e. The van der Waals surface area contributed by atoms with Gasteiger partial charge in [0.1, 0.15) is 0 Å². The topological polar surface area (TPSA) is 80.8 Å². The Labute approximate surface area is 187 Å². The van der Waals surface area contributed by atoms with E-state index in [1.54, 1.807) is 29.2 Å². The van der Waals surface area contributed by atoms with Crippen LogP contribution in [0.4, 0.5) is 0 Å². The number of esters is 1. The molecule has 3 saturated carbocycles. The number of Topliss-reactive ketones (excluding diaryl/α,β-unsaturated/α-hetero) is 1. The van der Waals surface area contributed by atoms with E-state index in [1.807, 2.05) is 6.07 Å². The quantitative estimate of drug-likeness (QED) is 0.309. The monoisotopic (exact) mass is 433 g/mol. The number of hydrogen-bond donors (Lipinski definition) is 0. The zero-order chi connectivity index (χ0) is 22.0. The van der Waals surface area contributed by atoms with Crippen LogP contribution in [0.15, 0.2) is 42.5 Å². The number of rotatable bonds is 5. The first kappa shape index (κ1) is 19.9. The third-order valence-corrected chi connectivity index (χ3v) is 8.53. The molecule has 166 valence electrons. The Morgan fingerprint density at radius 2 is 1.47 bits per heavy atom. The van der Waals surface area contributed by atoms with E-state index in [2.05, 4.69) is 12.2 Å². The molecule has 2 bridgehead atoms. The molecule has 32 heavy (non-hydrogen) atoms. The molecule has 5 aliphatic carbocycles. The minimum Gasteiger partial charge on any atom is -0.457 e. The molecular weight excluding hydrogens is 406 g/mol. The number of allylic oxidation sites excluding steroid dienone is 2. The molecule has 0 N–H and O–H groups in total. The molecule has 1 aromatic carbocycles. The zero-order valence-electron chi connectivity index (χ0n) is 17.9. The van der Waals surface area contributed by atoms with Crippen molar-refractivity contribution in [2.24, 2.45) is 41.4 Å². The Balaban J connectivity index is 1.05. The summed E-state index contributed by atoms with van der Waals surface area (Å²) in [4.78, 5) is 52.8. The second-order valence-corrected chi connectivity index (χ2v) is 10.1. The minimum atomic E-state index is -0.359. The first-order chi connectivity index (χ1) is 15.5. The molecule has 1 saturated heterocycles. The van der Waals surface area contributed by atoms with Crippen LogP contribution in [0.5, 0.6) is 0 Å². The lowest BCUT2D eigenvalue weighted by molar-refractivity contribution is -0.149. The maximum atomic E-state index is 13.3. The highest BCUT2D eigenvalue weighted by molar-refractivity contribution is 6.06. The molecule has 6 nitrogen and oxygen atoms in total. The number of likely N-dealkylation sites (tertiary alicyclic amines) is 1. The second kappa shape index (κ2) is 7.39. The number of amides is 2.